The first-order valence-electron chi connectivity index (χ1n) is 8.41. The summed E-state index contributed by atoms with van der Waals surface area (Å²) in [5.41, 5.74) is -1.84. The van der Waals surface area contributed by atoms with Crippen LogP contribution in [0.4, 0.5) is 13.2 Å². The minimum absolute atomic E-state index is 0.0400. The Balaban J connectivity index is 2.41. The lowest BCUT2D eigenvalue weighted by molar-refractivity contribution is -0.137. The van der Waals surface area contributed by atoms with Gasteiger partial charge in [0.1, 0.15) is 6.04 Å². The Morgan fingerprint density at radius 2 is 1.93 bits per heavy atom. The molecule has 1 atom stereocenters. The van der Waals surface area contributed by atoms with E-state index in [1.54, 1.807) is 6.92 Å². The minimum atomic E-state index is -4.55. The highest BCUT2D eigenvalue weighted by Crippen LogP contribution is 2.30. The molecule has 1 unspecified atom stereocenters. The number of rotatable bonds is 5. The average molecular weight is 396 g/mol. The van der Waals surface area contributed by atoms with E-state index in [-0.39, 0.29) is 11.4 Å². The van der Waals surface area contributed by atoms with Crippen molar-refractivity contribution >= 4 is 11.8 Å². The van der Waals surface area contributed by atoms with E-state index in [4.69, 9.17) is 0 Å². The summed E-state index contributed by atoms with van der Waals surface area (Å²) in [6.07, 6.45) is -4.55. The quantitative estimate of drug-likeness (QED) is 0.806. The Hall–Kier alpha value is -3.17. The number of hydrogen-bond donors (Lipinski definition) is 2. The average Bonchev–Trinajstić information content (AvgIpc) is 2.61. The lowest BCUT2D eigenvalue weighted by atomic mass is 10.2. The molecule has 0 fully saturated rings. The zero-order chi connectivity index (χ0) is 21.1. The van der Waals surface area contributed by atoms with E-state index in [2.05, 4.69) is 15.7 Å². The summed E-state index contributed by atoms with van der Waals surface area (Å²) in [7, 11) is 0. The Labute approximate surface area is 158 Å². The summed E-state index contributed by atoms with van der Waals surface area (Å²) in [6, 6.07) is 4.52. The Morgan fingerprint density at radius 1 is 1.25 bits per heavy atom. The number of likely N-dealkylation sites (N-methyl/N-ethyl adjacent to an activating group) is 1. The second-order valence-electron chi connectivity index (χ2n) is 6.05. The zero-order valence-electron chi connectivity index (χ0n) is 15.4. The predicted molar refractivity (Wildman–Crippen MR) is 95.2 cm³/mol. The summed E-state index contributed by atoms with van der Waals surface area (Å²) < 4.78 is 39.9. The van der Waals surface area contributed by atoms with E-state index >= 15 is 0 Å². The van der Waals surface area contributed by atoms with E-state index in [1.807, 2.05) is 0 Å². The molecular formula is C18H19F3N4O3. The van der Waals surface area contributed by atoms with Crippen LogP contribution >= 0.6 is 0 Å². The van der Waals surface area contributed by atoms with Crippen molar-refractivity contribution in [3.8, 4) is 5.69 Å². The number of hydrogen-bond acceptors (Lipinski definition) is 4. The number of benzene rings is 1. The Morgan fingerprint density at radius 3 is 2.54 bits per heavy atom. The molecule has 0 aliphatic rings. The molecule has 150 valence electrons. The standard InChI is InChI=1S/C18H19F3N4O3/c1-4-22-16(27)11(3)23-17(28)15-14(26)8-10(2)25(24-15)13-7-5-6-12(9-13)18(19,20)21/h5-9,11H,4H2,1-3H3,(H,22,27)(H,23,28). The SMILES string of the molecule is CCNC(=O)C(C)NC(=O)c1nn(-c2cccc(C(F)(F)F)c2)c(C)cc1=O. The summed E-state index contributed by atoms with van der Waals surface area (Å²) in [5, 5.41) is 8.78. The maximum Gasteiger partial charge on any atom is 0.416 e. The molecule has 10 heteroatoms. The van der Waals surface area contributed by atoms with Crippen LogP contribution in [-0.4, -0.2) is 34.2 Å². The van der Waals surface area contributed by atoms with Crippen LogP contribution in [0, 0.1) is 6.92 Å². The van der Waals surface area contributed by atoms with E-state index in [0.717, 1.165) is 22.9 Å². The normalized spacial score (nSPS) is 12.4. The molecule has 2 amide bonds. The number of aromatic nitrogens is 2. The lowest BCUT2D eigenvalue weighted by Gasteiger charge is -2.15. The fourth-order valence-electron chi connectivity index (χ4n) is 2.44. The maximum atomic E-state index is 13.0. The number of carbonyl (C=O) groups excluding carboxylic acids is 2. The molecule has 1 aromatic carbocycles. The smallest absolute Gasteiger partial charge is 0.355 e. The third kappa shape index (κ3) is 4.76. The number of nitrogens with zero attached hydrogens (tertiary/aromatic N) is 2. The van der Waals surface area contributed by atoms with Crippen LogP contribution in [0.2, 0.25) is 0 Å². The van der Waals surface area contributed by atoms with Gasteiger partial charge in [0, 0.05) is 18.3 Å². The van der Waals surface area contributed by atoms with Gasteiger partial charge in [0.15, 0.2) is 5.69 Å². The number of carbonyl (C=O) groups is 2. The summed E-state index contributed by atoms with van der Waals surface area (Å²) in [4.78, 5) is 36.2. The van der Waals surface area contributed by atoms with Crippen LogP contribution in [0.15, 0.2) is 35.1 Å². The highest BCUT2D eigenvalue weighted by molar-refractivity contribution is 5.95. The summed E-state index contributed by atoms with van der Waals surface area (Å²) >= 11 is 0. The van der Waals surface area contributed by atoms with Gasteiger partial charge in [0.05, 0.1) is 11.3 Å². The van der Waals surface area contributed by atoms with Gasteiger partial charge in [0.2, 0.25) is 11.3 Å². The largest absolute Gasteiger partial charge is 0.416 e. The molecule has 0 saturated carbocycles. The van der Waals surface area contributed by atoms with Crippen LogP contribution in [0.3, 0.4) is 0 Å². The fourth-order valence-corrected chi connectivity index (χ4v) is 2.44. The molecular weight excluding hydrogens is 377 g/mol. The van der Waals surface area contributed by atoms with Gasteiger partial charge in [0.25, 0.3) is 5.91 Å². The molecule has 0 radical (unpaired) electrons. The molecule has 1 aromatic heterocycles. The molecule has 0 bridgehead atoms. The number of aryl methyl sites for hydroxylation is 1. The molecule has 0 aliphatic heterocycles. The molecule has 0 spiro atoms. The van der Waals surface area contributed by atoms with Crippen molar-refractivity contribution in [2.45, 2.75) is 33.0 Å². The lowest BCUT2D eigenvalue weighted by Crippen LogP contribution is -2.46. The van der Waals surface area contributed by atoms with Crippen LogP contribution in [0.1, 0.15) is 35.6 Å². The van der Waals surface area contributed by atoms with Crippen LogP contribution in [0.25, 0.3) is 5.69 Å². The number of alkyl halides is 3. The first kappa shape index (κ1) is 21.1. The molecule has 1 heterocycles. The van der Waals surface area contributed by atoms with Crippen molar-refractivity contribution in [2.24, 2.45) is 0 Å². The van der Waals surface area contributed by atoms with Gasteiger partial charge in [-0.2, -0.15) is 18.3 Å². The monoisotopic (exact) mass is 396 g/mol. The molecule has 2 aromatic rings. The van der Waals surface area contributed by atoms with Crippen molar-refractivity contribution < 1.29 is 22.8 Å². The molecule has 28 heavy (non-hydrogen) atoms. The van der Waals surface area contributed by atoms with E-state index in [0.29, 0.717) is 6.54 Å². The second kappa shape index (κ2) is 8.24. The highest BCUT2D eigenvalue weighted by Gasteiger charge is 2.30. The third-order valence-corrected chi connectivity index (χ3v) is 3.83. The number of nitrogens with one attached hydrogen (secondary N) is 2. The Bertz CT molecular complexity index is 954. The van der Waals surface area contributed by atoms with Gasteiger partial charge < -0.3 is 10.6 Å². The van der Waals surface area contributed by atoms with Gasteiger partial charge in [-0.1, -0.05) is 6.07 Å². The third-order valence-electron chi connectivity index (χ3n) is 3.83. The van der Waals surface area contributed by atoms with Crippen LogP contribution in [0.5, 0.6) is 0 Å². The van der Waals surface area contributed by atoms with Crippen LogP contribution < -0.4 is 16.1 Å². The molecule has 7 nitrogen and oxygen atoms in total. The molecule has 2 N–H and O–H groups in total. The van der Waals surface area contributed by atoms with Gasteiger partial charge in [-0.15, -0.1) is 0 Å². The van der Waals surface area contributed by atoms with Gasteiger partial charge in [-0.25, -0.2) is 4.68 Å². The van der Waals surface area contributed by atoms with Crippen molar-refractivity contribution in [1.29, 1.82) is 0 Å². The fraction of sp³-hybridized carbons (Fsp3) is 0.333. The van der Waals surface area contributed by atoms with E-state index in [9.17, 15) is 27.6 Å². The second-order valence-corrected chi connectivity index (χ2v) is 6.05. The summed E-state index contributed by atoms with van der Waals surface area (Å²) in [5.74, 6) is -1.34. The van der Waals surface area contributed by atoms with Crippen molar-refractivity contribution in [1.82, 2.24) is 20.4 Å². The topological polar surface area (TPSA) is 93.1 Å². The van der Waals surface area contributed by atoms with Gasteiger partial charge in [-0.3, -0.25) is 14.4 Å². The first-order valence-corrected chi connectivity index (χ1v) is 8.41. The molecule has 2 rings (SSSR count). The number of amides is 2. The molecule has 0 aliphatic carbocycles. The predicted octanol–water partition coefficient (Wildman–Crippen LogP) is 1.81. The van der Waals surface area contributed by atoms with Crippen LogP contribution in [-0.2, 0) is 11.0 Å². The highest BCUT2D eigenvalue weighted by atomic mass is 19.4. The Kier molecular flexibility index (Phi) is 6.22. The van der Waals surface area contributed by atoms with Crippen molar-refractivity contribution in [3.05, 3.63) is 57.5 Å². The maximum absolute atomic E-state index is 13.0. The van der Waals surface area contributed by atoms with Gasteiger partial charge in [-0.05, 0) is 39.0 Å². The minimum Gasteiger partial charge on any atom is -0.355 e. The van der Waals surface area contributed by atoms with E-state index < -0.39 is 40.7 Å². The van der Waals surface area contributed by atoms with E-state index in [1.165, 1.54) is 26.0 Å². The number of halogens is 3. The molecule has 0 saturated heterocycles. The van der Waals surface area contributed by atoms with Crippen molar-refractivity contribution in [3.63, 3.8) is 0 Å². The van der Waals surface area contributed by atoms with Crippen molar-refractivity contribution in [2.75, 3.05) is 6.54 Å². The summed E-state index contributed by atoms with van der Waals surface area (Å²) in [6.45, 7) is 4.99. The zero-order valence-corrected chi connectivity index (χ0v) is 15.4. The van der Waals surface area contributed by atoms with Gasteiger partial charge >= 0.3 is 6.18 Å². The first-order chi connectivity index (χ1) is 13.0.